The largest absolute Gasteiger partial charge is 0.480 e. The molecule has 1 heterocycles. The average Bonchev–Trinajstić information content (AvgIpc) is 2.41. The van der Waals surface area contributed by atoms with Crippen molar-refractivity contribution in [1.82, 2.24) is 4.31 Å². The summed E-state index contributed by atoms with van der Waals surface area (Å²) in [6, 6.07) is 3.00. The summed E-state index contributed by atoms with van der Waals surface area (Å²) in [5.41, 5.74) is 0. The van der Waals surface area contributed by atoms with Gasteiger partial charge in [0.05, 0.1) is 5.02 Å². The molecule has 0 amide bonds. The van der Waals surface area contributed by atoms with Crippen molar-refractivity contribution in [3.63, 3.8) is 0 Å². The van der Waals surface area contributed by atoms with Crippen LogP contribution in [0.25, 0.3) is 0 Å². The standard InChI is InChI=1S/C11H11Cl2NO4S2/c12-7-1-2-8(13)10(5-7)20(17,18)14-3-4-19-6-9(14)11(15)16/h1-2,5,9H,3-4,6H2,(H,15,16). The number of carboxylic acid groups (broad SMARTS) is 1. The van der Waals surface area contributed by atoms with Gasteiger partial charge in [0.25, 0.3) is 0 Å². The molecule has 5 nitrogen and oxygen atoms in total. The molecule has 0 spiro atoms. The highest BCUT2D eigenvalue weighted by molar-refractivity contribution is 7.99. The van der Waals surface area contributed by atoms with Crippen LogP contribution in [-0.2, 0) is 14.8 Å². The van der Waals surface area contributed by atoms with Gasteiger partial charge in [0, 0.05) is 23.1 Å². The zero-order chi connectivity index (χ0) is 14.9. The minimum absolute atomic E-state index is 0.0248. The van der Waals surface area contributed by atoms with Gasteiger partial charge in [0.1, 0.15) is 10.9 Å². The average molecular weight is 356 g/mol. The molecule has 1 aliphatic heterocycles. The number of carboxylic acids is 1. The lowest BCUT2D eigenvalue weighted by atomic mass is 10.3. The van der Waals surface area contributed by atoms with Crippen molar-refractivity contribution in [3.05, 3.63) is 28.2 Å². The quantitative estimate of drug-likeness (QED) is 0.899. The lowest BCUT2D eigenvalue weighted by molar-refractivity contribution is -0.140. The molecule has 1 unspecified atom stereocenters. The molecule has 0 bridgehead atoms. The van der Waals surface area contributed by atoms with Crippen LogP contribution in [0.3, 0.4) is 0 Å². The molecule has 1 atom stereocenters. The Morgan fingerprint density at radius 1 is 1.40 bits per heavy atom. The minimum atomic E-state index is -3.99. The molecule has 0 aliphatic carbocycles. The fraction of sp³-hybridized carbons (Fsp3) is 0.364. The van der Waals surface area contributed by atoms with Crippen molar-refractivity contribution >= 4 is 51.0 Å². The normalized spacial score (nSPS) is 20.8. The molecule has 9 heteroatoms. The number of rotatable bonds is 3. The van der Waals surface area contributed by atoms with Gasteiger partial charge in [-0.15, -0.1) is 0 Å². The summed E-state index contributed by atoms with van der Waals surface area (Å²) in [4.78, 5) is 11.1. The number of nitrogens with zero attached hydrogens (tertiary/aromatic N) is 1. The van der Waals surface area contributed by atoms with Gasteiger partial charge in [0.15, 0.2) is 0 Å². The number of carbonyl (C=O) groups is 1. The SMILES string of the molecule is O=C(O)C1CSCCN1S(=O)(=O)c1cc(Cl)ccc1Cl. The lowest BCUT2D eigenvalue weighted by Gasteiger charge is -2.31. The Morgan fingerprint density at radius 2 is 2.10 bits per heavy atom. The van der Waals surface area contributed by atoms with Crippen LogP contribution in [0.15, 0.2) is 23.1 Å². The molecule has 1 aliphatic rings. The first-order chi connectivity index (χ1) is 9.34. The molecule has 1 aromatic carbocycles. The molecule has 20 heavy (non-hydrogen) atoms. The van der Waals surface area contributed by atoms with Gasteiger partial charge in [-0.2, -0.15) is 16.1 Å². The van der Waals surface area contributed by atoms with Gasteiger partial charge in [0.2, 0.25) is 10.0 Å². The Morgan fingerprint density at radius 3 is 2.75 bits per heavy atom. The monoisotopic (exact) mass is 355 g/mol. The van der Waals surface area contributed by atoms with Crippen LogP contribution in [0.4, 0.5) is 0 Å². The number of halogens is 2. The summed E-state index contributed by atoms with van der Waals surface area (Å²) in [7, 11) is -3.99. The van der Waals surface area contributed by atoms with E-state index < -0.39 is 22.0 Å². The van der Waals surface area contributed by atoms with E-state index in [1.807, 2.05) is 0 Å². The third-order valence-electron chi connectivity index (χ3n) is 2.84. The molecule has 1 saturated heterocycles. The van der Waals surface area contributed by atoms with Gasteiger partial charge in [-0.3, -0.25) is 4.79 Å². The van der Waals surface area contributed by atoms with Crippen LogP contribution >= 0.6 is 35.0 Å². The smallest absolute Gasteiger partial charge is 0.322 e. The second-order valence-corrected chi connectivity index (χ2v) is 7.97. The number of hydrogen-bond donors (Lipinski definition) is 1. The van der Waals surface area contributed by atoms with Crippen molar-refractivity contribution in [2.75, 3.05) is 18.1 Å². The summed E-state index contributed by atoms with van der Waals surface area (Å²) in [6.07, 6.45) is 0. The fourth-order valence-electron chi connectivity index (χ4n) is 1.87. The van der Waals surface area contributed by atoms with Crippen LogP contribution in [0, 0.1) is 0 Å². The van der Waals surface area contributed by atoms with E-state index in [0.29, 0.717) is 5.75 Å². The van der Waals surface area contributed by atoms with Crippen molar-refractivity contribution in [2.24, 2.45) is 0 Å². The van der Waals surface area contributed by atoms with E-state index in [0.717, 1.165) is 4.31 Å². The zero-order valence-corrected chi connectivity index (χ0v) is 13.3. The Kier molecular flexibility index (Phi) is 4.86. The molecule has 1 aromatic rings. The van der Waals surface area contributed by atoms with Gasteiger partial charge >= 0.3 is 5.97 Å². The second kappa shape index (κ2) is 6.11. The molecular weight excluding hydrogens is 345 g/mol. The van der Waals surface area contributed by atoms with Crippen LogP contribution in [0.5, 0.6) is 0 Å². The first-order valence-corrected chi connectivity index (χ1v) is 8.96. The van der Waals surface area contributed by atoms with Gasteiger partial charge in [-0.05, 0) is 18.2 Å². The molecular formula is C11H11Cl2NO4S2. The third-order valence-corrected chi connectivity index (χ3v) is 6.49. The van der Waals surface area contributed by atoms with Gasteiger partial charge < -0.3 is 5.11 Å². The van der Waals surface area contributed by atoms with Crippen LogP contribution in [0.2, 0.25) is 10.0 Å². The highest BCUT2D eigenvalue weighted by Gasteiger charge is 2.38. The van der Waals surface area contributed by atoms with Crippen molar-refractivity contribution in [2.45, 2.75) is 10.9 Å². The maximum absolute atomic E-state index is 12.6. The summed E-state index contributed by atoms with van der Waals surface area (Å²) in [5, 5.41) is 9.42. The minimum Gasteiger partial charge on any atom is -0.480 e. The Labute approximate surface area is 130 Å². The van der Waals surface area contributed by atoms with Gasteiger partial charge in [-0.25, -0.2) is 8.42 Å². The second-order valence-electron chi connectivity index (χ2n) is 4.12. The molecule has 1 fully saturated rings. The van der Waals surface area contributed by atoms with E-state index in [2.05, 4.69) is 0 Å². The molecule has 0 aromatic heterocycles. The number of thioether (sulfide) groups is 1. The summed E-state index contributed by atoms with van der Waals surface area (Å²) in [6.45, 7) is 0.132. The Hall–Kier alpha value is -0.470. The molecule has 2 rings (SSSR count). The van der Waals surface area contributed by atoms with Crippen molar-refractivity contribution in [3.8, 4) is 0 Å². The molecule has 1 N–H and O–H groups in total. The number of sulfonamides is 1. The third kappa shape index (κ3) is 3.07. The first kappa shape index (κ1) is 15.9. The predicted molar refractivity (Wildman–Crippen MR) is 79.1 cm³/mol. The van der Waals surface area contributed by atoms with Crippen LogP contribution in [0.1, 0.15) is 0 Å². The maximum atomic E-state index is 12.6. The highest BCUT2D eigenvalue weighted by Crippen LogP contribution is 2.31. The lowest BCUT2D eigenvalue weighted by Crippen LogP contribution is -2.50. The Bertz CT molecular complexity index is 635. The van der Waals surface area contributed by atoms with E-state index >= 15 is 0 Å². The number of benzene rings is 1. The van der Waals surface area contributed by atoms with Crippen LogP contribution in [-0.4, -0.2) is 47.9 Å². The molecule has 110 valence electrons. The van der Waals surface area contributed by atoms with Crippen LogP contribution < -0.4 is 0 Å². The molecule has 0 saturated carbocycles. The number of aliphatic carboxylic acids is 1. The van der Waals surface area contributed by atoms with Crippen molar-refractivity contribution in [1.29, 1.82) is 0 Å². The topological polar surface area (TPSA) is 74.7 Å². The van der Waals surface area contributed by atoms with E-state index in [4.69, 9.17) is 28.3 Å². The Balaban J connectivity index is 2.47. The van der Waals surface area contributed by atoms with Crippen molar-refractivity contribution < 1.29 is 18.3 Å². The fourth-order valence-corrected chi connectivity index (χ4v) is 5.44. The number of hydrogen-bond acceptors (Lipinski definition) is 4. The maximum Gasteiger partial charge on any atom is 0.322 e. The summed E-state index contributed by atoms with van der Waals surface area (Å²) in [5.74, 6) is -0.410. The zero-order valence-electron chi connectivity index (χ0n) is 10.1. The van der Waals surface area contributed by atoms with E-state index in [1.165, 1.54) is 30.0 Å². The predicted octanol–water partition coefficient (Wildman–Crippen LogP) is 2.18. The van der Waals surface area contributed by atoms with E-state index in [9.17, 15) is 13.2 Å². The summed E-state index contributed by atoms with van der Waals surface area (Å²) >= 11 is 13.1. The summed E-state index contributed by atoms with van der Waals surface area (Å²) < 4.78 is 26.1. The first-order valence-electron chi connectivity index (χ1n) is 5.61. The van der Waals surface area contributed by atoms with E-state index in [-0.39, 0.29) is 27.2 Å². The highest BCUT2D eigenvalue weighted by atomic mass is 35.5. The van der Waals surface area contributed by atoms with Gasteiger partial charge in [-0.1, -0.05) is 23.2 Å². The van der Waals surface area contributed by atoms with E-state index in [1.54, 1.807) is 0 Å². The molecule has 0 radical (unpaired) electrons.